The molecule has 0 fully saturated rings. The highest BCUT2D eigenvalue weighted by Gasteiger charge is 2.41. The summed E-state index contributed by atoms with van der Waals surface area (Å²) in [4.78, 5) is 23.6. The molecule has 2 heterocycles. The van der Waals surface area contributed by atoms with Crippen LogP contribution in [-0.4, -0.2) is 36.0 Å². The second-order valence-electron chi connectivity index (χ2n) is 8.21. The molecule has 0 amide bonds. The fourth-order valence-electron chi connectivity index (χ4n) is 4.47. The lowest BCUT2D eigenvalue weighted by Crippen LogP contribution is -2.37. The molecule has 0 radical (unpaired) electrons. The van der Waals surface area contributed by atoms with Gasteiger partial charge in [-0.1, -0.05) is 42.5 Å². The van der Waals surface area contributed by atoms with E-state index < -0.39 is 6.04 Å². The van der Waals surface area contributed by atoms with Crippen molar-refractivity contribution in [3.63, 3.8) is 0 Å². The Kier molecular flexibility index (Phi) is 5.67. The van der Waals surface area contributed by atoms with Crippen LogP contribution in [0.5, 0.6) is 11.5 Å². The molecule has 1 aromatic heterocycles. The van der Waals surface area contributed by atoms with E-state index in [2.05, 4.69) is 22.1 Å². The number of fused-ring (bicyclic) bond motifs is 1. The maximum absolute atomic E-state index is 13.8. The largest absolute Gasteiger partial charge is 0.497 e. The molecular formula is C27H26N4O3. The van der Waals surface area contributed by atoms with Crippen LogP contribution >= 0.6 is 0 Å². The Bertz CT molecular complexity index is 1320. The van der Waals surface area contributed by atoms with Crippen LogP contribution < -0.4 is 20.1 Å². The number of hydrogen-bond donors (Lipinski definition) is 2. The van der Waals surface area contributed by atoms with Crippen molar-refractivity contribution in [2.75, 3.05) is 19.1 Å². The Morgan fingerprint density at radius 2 is 1.65 bits per heavy atom. The number of carbonyl (C=O) groups is 1. The molecule has 0 saturated heterocycles. The molecule has 7 heteroatoms. The molecule has 1 aliphatic rings. The minimum absolute atomic E-state index is 0.0609. The highest BCUT2D eigenvalue weighted by molar-refractivity contribution is 6.27. The molecule has 0 aliphatic carbocycles. The predicted octanol–water partition coefficient (Wildman–Crippen LogP) is 4.30. The number of anilines is 1. The quantitative estimate of drug-likeness (QED) is 0.433. The highest BCUT2D eigenvalue weighted by Crippen LogP contribution is 2.39. The number of aryl methyl sites for hydroxylation is 1. The van der Waals surface area contributed by atoms with Crippen LogP contribution in [0.2, 0.25) is 0 Å². The zero-order chi connectivity index (χ0) is 23.7. The summed E-state index contributed by atoms with van der Waals surface area (Å²) in [6, 6.07) is 22.8. The van der Waals surface area contributed by atoms with E-state index in [0.29, 0.717) is 35.1 Å². The molecule has 34 heavy (non-hydrogen) atoms. The first-order chi connectivity index (χ1) is 16.6. The maximum atomic E-state index is 13.8. The minimum atomic E-state index is -0.486. The number of nitrogens with one attached hydrogen (secondary N) is 1. The van der Waals surface area contributed by atoms with Gasteiger partial charge in [0, 0.05) is 18.2 Å². The second kappa shape index (κ2) is 8.94. The third kappa shape index (κ3) is 3.85. The summed E-state index contributed by atoms with van der Waals surface area (Å²) in [6.45, 7) is 0. The van der Waals surface area contributed by atoms with E-state index in [4.69, 9.17) is 15.2 Å². The monoisotopic (exact) mass is 454 g/mol. The second-order valence-corrected chi connectivity index (χ2v) is 8.21. The van der Waals surface area contributed by atoms with Crippen molar-refractivity contribution in [2.45, 2.75) is 18.9 Å². The van der Waals surface area contributed by atoms with Crippen LogP contribution in [0, 0.1) is 0 Å². The molecule has 0 saturated carbocycles. The average molecular weight is 455 g/mol. The van der Waals surface area contributed by atoms with Gasteiger partial charge in [-0.2, -0.15) is 0 Å². The van der Waals surface area contributed by atoms with Gasteiger partial charge in [0.15, 0.2) is 5.78 Å². The number of aromatic nitrogens is 2. The summed E-state index contributed by atoms with van der Waals surface area (Å²) in [5.74, 6) is 2.01. The number of nitrogens with zero attached hydrogens (tertiary/aromatic N) is 2. The maximum Gasteiger partial charge on any atom is 0.193 e. The van der Waals surface area contributed by atoms with E-state index in [1.807, 2.05) is 59.5 Å². The lowest BCUT2D eigenvalue weighted by atomic mass is 9.99. The lowest BCUT2D eigenvalue weighted by molar-refractivity contribution is -0.114. The Labute approximate surface area is 197 Å². The minimum Gasteiger partial charge on any atom is -0.497 e. The summed E-state index contributed by atoms with van der Waals surface area (Å²) in [7, 11) is 3.19. The summed E-state index contributed by atoms with van der Waals surface area (Å²) in [6.07, 6.45) is 1.32. The van der Waals surface area contributed by atoms with Crippen LogP contribution in [0.3, 0.4) is 0 Å². The molecule has 4 aromatic rings. The number of carbonyl (C=O) groups excluding carboxylic acids is 1. The Morgan fingerprint density at radius 3 is 2.32 bits per heavy atom. The van der Waals surface area contributed by atoms with Gasteiger partial charge in [-0.25, -0.2) is 4.98 Å². The third-order valence-electron chi connectivity index (χ3n) is 6.17. The number of Topliss-reactive ketones (excluding diaryl/α,β-unsaturated/α-hetero) is 1. The summed E-state index contributed by atoms with van der Waals surface area (Å²) >= 11 is 0. The number of aromatic amines is 1. The fraction of sp³-hybridized carbons (Fsp3) is 0.185. The summed E-state index contributed by atoms with van der Waals surface area (Å²) < 4.78 is 10.9. The van der Waals surface area contributed by atoms with Crippen molar-refractivity contribution in [3.05, 3.63) is 90.0 Å². The number of hydrogen-bond acceptors (Lipinski definition) is 6. The lowest BCUT2D eigenvalue weighted by Gasteiger charge is -2.27. The Morgan fingerprint density at radius 1 is 0.971 bits per heavy atom. The fourth-order valence-corrected chi connectivity index (χ4v) is 4.47. The molecule has 1 unspecified atom stereocenters. The number of imidazole rings is 1. The van der Waals surface area contributed by atoms with Crippen LogP contribution in [0.25, 0.3) is 16.6 Å². The first kappa shape index (κ1) is 21.6. The molecule has 1 aliphatic heterocycles. The number of benzene rings is 3. The SMILES string of the molecule is COc1cc(OC)cc(N2C(N)=C(c3nc4ccccc4[nH]3)C(=O)C2CCc2ccccc2)c1. The average Bonchev–Trinajstić information content (AvgIpc) is 3.40. The van der Waals surface area contributed by atoms with Gasteiger partial charge in [-0.05, 0) is 30.5 Å². The van der Waals surface area contributed by atoms with Crippen molar-refractivity contribution in [1.29, 1.82) is 0 Å². The number of methoxy groups -OCH3 is 2. The molecule has 5 rings (SSSR count). The first-order valence-corrected chi connectivity index (χ1v) is 11.1. The highest BCUT2D eigenvalue weighted by atomic mass is 16.5. The first-order valence-electron chi connectivity index (χ1n) is 11.1. The van der Waals surface area contributed by atoms with Crippen LogP contribution in [-0.2, 0) is 11.2 Å². The normalized spacial score (nSPS) is 15.9. The van der Waals surface area contributed by atoms with Crippen molar-refractivity contribution in [1.82, 2.24) is 9.97 Å². The Hall–Kier alpha value is -4.26. The van der Waals surface area contributed by atoms with Crippen LogP contribution in [0.15, 0.2) is 78.6 Å². The molecular weight excluding hydrogens is 428 g/mol. The van der Waals surface area contributed by atoms with E-state index in [1.165, 1.54) is 0 Å². The van der Waals surface area contributed by atoms with E-state index in [1.54, 1.807) is 20.3 Å². The summed E-state index contributed by atoms with van der Waals surface area (Å²) in [5, 5.41) is 0. The predicted molar refractivity (Wildman–Crippen MR) is 133 cm³/mol. The number of ketones is 1. The third-order valence-corrected chi connectivity index (χ3v) is 6.17. The van der Waals surface area contributed by atoms with Gasteiger partial charge >= 0.3 is 0 Å². The number of H-pyrrole nitrogens is 1. The smallest absolute Gasteiger partial charge is 0.193 e. The van der Waals surface area contributed by atoms with Crippen LogP contribution in [0.1, 0.15) is 17.8 Å². The molecule has 172 valence electrons. The van der Waals surface area contributed by atoms with Crippen molar-refractivity contribution >= 4 is 28.1 Å². The van der Waals surface area contributed by atoms with Crippen molar-refractivity contribution in [3.8, 4) is 11.5 Å². The van der Waals surface area contributed by atoms with Gasteiger partial charge in [0.2, 0.25) is 0 Å². The zero-order valence-corrected chi connectivity index (χ0v) is 19.1. The number of para-hydroxylation sites is 2. The zero-order valence-electron chi connectivity index (χ0n) is 19.1. The van der Waals surface area contributed by atoms with Crippen molar-refractivity contribution < 1.29 is 14.3 Å². The van der Waals surface area contributed by atoms with Gasteiger partial charge < -0.3 is 25.1 Å². The molecule has 3 N–H and O–H groups in total. The molecule has 7 nitrogen and oxygen atoms in total. The van der Waals surface area contributed by atoms with Crippen molar-refractivity contribution in [2.24, 2.45) is 5.73 Å². The molecule has 0 bridgehead atoms. The van der Waals surface area contributed by atoms with Gasteiger partial charge in [0.25, 0.3) is 0 Å². The standard InChI is InChI=1S/C27H26N4O3/c1-33-19-14-18(15-20(16-19)34-2)31-23(13-12-17-8-4-3-5-9-17)25(32)24(26(31)28)27-29-21-10-6-7-11-22(21)30-27/h3-11,14-16,23H,12-13,28H2,1-2H3,(H,29,30). The van der Waals surface area contributed by atoms with E-state index in [-0.39, 0.29) is 5.78 Å². The number of ether oxygens (including phenoxy) is 2. The topological polar surface area (TPSA) is 93.5 Å². The van der Waals surface area contributed by atoms with E-state index >= 15 is 0 Å². The molecule has 0 spiro atoms. The molecule has 1 atom stereocenters. The van der Waals surface area contributed by atoms with Crippen LogP contribution in [0.4, 0.5) is 5.69 Å². The van der Waals surface area contributed by atoms with Gasteiger partial charge in [-0.3, -0.25) is 4.79 Å². The van der Waals surface area contributed by atoms with Gasteiger partial charge in [0.1, 0.15) is 28.7 Å². The van der Waals surface area contributed by atoms with E-state index in [0.717, 1.165) is 28.7 Å². The molecule has 3 aromatic carbocycles. The Balaban J connectivity index is 1.59. The van der Waals surface area contributed by atoms with E-state index in [9.17, 15) is 4.79 Å². The number of nitrogens with two attached hydrogens (primary N) is 1. The summed E-state index contributed by atoms with van der Waals surface area (Å²) in [5.41, 5.74) is 10.6. The van der Waals surface area contributed by atoms with Gasteiger partial charge in [-0.15, -0.1) is 0 Å². The number of rotatable bonds is 7. The van der Waals surface area contributed by atoms with Gasteiger partial charge in [0.05, 0.1) is 37.0 Å².